The zero-order valence-corrected chi connectivity index (χ0v) is 15.5. The maximum absolute atomic E-state index is 12.8. The van der Waals surface area contributed by atoms with Crippen molar-refractivity contribution in [1.29, 1.82) is 0 Å². The lowest BCUT2D eigenvalue weighted by Crippen LogP contribution is -2.19. The number of thiophene rings is 1. The fourth-order valence-corrected chi connectivity index (χ4v) is 3.63. The van der Waals surface area contributed by atoms with E-state index in [9.17, 15) is 18.0 Å². The first-order valence-corrected chi connectivity index (χ1v) is 9.32. The van der Waals surface area contributed by atoms with Gasteiger partial charge in [0.1, 0.15) is 6.33 Å². The third-order valence-electron chi connectivity index (χ3n) is 4.11. The molecule has 0 unspecified atom stereocenters. The van der Waals surface area contributed by atoms with Crippen LogP contribution >= 0.6 is 11.3 Å². The van der Waals surface area contributed by atoms with E-state index >= 15 is 0 Å². The molecule has 2 N–H and O–H groups in total. The van der Waals surface area contributed by atoms with Gasteiger partial charge in [0.15, 0.2) is 0 Å². The van der Waals surface area contributed by atoms with Crippen LogP contribution < -0.4 is 10.6 Å². The van der Waals surface area contributed by atoms with Crippen LogP contribution in [-0.2, 0) is 6.18 Å². The molecule has 0 fully saturated rings. The molecular weight excluding hydrogens is 401 g/mol. The lowest BCUT2D eigenvalue weighted by Gasteiger charge is -2.11. The van der Waals surface area contributed by atoms with E-state index in [2.05, 4.69) is 20.6 Å². The van der Waals surface area contributed by atoms with E-state index in [0.717, 1.165) is 33.6 Å². The number of halogens is 3. The molecule has 2 heterocycles. The molecular formula is C20H13F3N4OS. The zero-order chi connectivity index (χ0) is 20.4. The monoisotopic (exact) mass is 414 g/mol. The van der Waals surface area contributed by atoms with Crippen LogP contribution in [-0.4, -0.2) is 16.0 Å². The highest BCUT2D eigenvalue weighted by Crippen LogP contribution is 2.31. The van der Waals surface area contributed by atoms with Crippen LogP contribution in [0.1, 0.15) is 5.56 Å². The summed E-state index contributed by atoms with van der Waals surface area (Å²) in [6, 6.07) is 12.7. The second kappa shape index (κ2) is 7.51. The Bertz CT molecular complexity index is 1170. The van der Waals surface area contributed by atoms with Gasteiger partial charge in [0.05, 0.1) is 21.5 Å². The first-order chi connectivity index (χ1) is 13.9. The van der Waals surface area contributed by atoms with Crippen molar-refractivity contribution in [2.45, 2.75) is 6.18 Å². The van der Waals surface area contributed by atoms with Crippen molar-refractivity contribution < 1.29 is 18.0 Å². The van der Waals surface area contributed by atoms with Crippen molar-refractivity contribution in [3.8, 4) is 11.3 Å². The lowest BCUT2D eigenvalue weighted by atomic mass is 10.1. The highest BCUT2D eigenvalue weighted by molar-refractivity contribution is 7.17. The molecule has 0 aliphatic heterocycles. The molecule has 0 aliphatic rings. The Balaban J connectivity index is 1.47. The standard InChI is InChI=1S/C20H13F3N4OS/c21-20(22,23)13-2-1-3-15(10-13)27-19(28)26-14-6-4-12(5-7-14)17-18-16(8-9-29-18)24-11-25-17/h1-11H,(H2,26,27,28). The minimum atomic E-state index is -4.47. The number of hydrogen-bond acceptors (Lipinski definition) is 4. The van der Waals surface area contributed by atoms with Crippen LogP contribution in [0.5, 0.6) is 0 Å². The number of alkyl halides is 3. The molecule has 2 aromatic heterocycles. The molecule has 4 rings (SSSR count). The third kappa shape index (κ3) is 4.19. The van der Waals surface area contributed by atoms with Gasteiger partial charge in [0, 0.05) is 16.9 Å². The van der Waals surface area contributed by atoms with Crippen molar-refractivity contribution in [3.05, 3.63) is 71.9 Å². The summed E-state index contributed by atoms with van der Waals surface area (Å²) in [6.07, 6.45) is -2.97. The van der Waals surface area contributed by atoms with E-state index < -0.39 is 17.8 Å². The Kier molecular flexibility index (Phi) is 4.89. The van der Waals surface area contributed by atoms with E-state index in [0.29, 0.717) is 5.69 Å². The van der Waals surface area contributed by atoms with Gasteiger partial charge < -0.3 is 10.6 Å². The van der Waals surface area contributed by atoms with Gasteiger partial charge in [-0.3, -0.25) is 0 Å². The smallest absolute Gasteiger partial charge is 0.308 e. The van der Waals surface area contributed by atoms with E-state index in [4.69, 9.17) is 0 Å². The van der Waals surface area contributed by atoms with Gasteiger partial charge in [0.25, 0.3) is 0 Å². The van der Waals surface area contributed by atoms with Gasteiger partial charge in [-0.1, -0.05) is 18.2 Å². The summed E-state index contributed by atoms with van der Waals surface area (Å²) in [5.74, 6) is 0. The molecule has 2 aromatic carbocycles. The first-order valence-electron chi connectivity index (χ1n) is 8.44. The molecule has 0 bridgehead atoms. The number of nitrogens with zero attached hydrogens (tertiary/aromatic N) is 2. The SMILES string of the molecule is O=C(Nc1ccc(-c2ncnc3ccsc23)cc1)Nc1cccc(C(F)(F)F)c1. The molecule has 2 amide bonds. The van der Waals surface area contributed by atoms with Crippen LogP contribution in [0.4, 0.5) is 29.3 Å². The number of anilines is 2. The summed E-state index contributed by atoms with van der Waals surface area (Å²) in [5, 5.41) is 6.94. The molecule has 146 valence electrons. The summed E-state index contributed by atoms with van der Waals surface area (Å²) < 4.78 is 39.3. The second-order valence-electron chi connectivity index (χ2n) is 6.09. The van der Waals surface area contributed by atoms with Gasteiger partial charge in [0.2, 0.25) is 0 Å². The Hall–Kier alpha value is -3.46. The molecule has 9 heteroatoms. The van der Waals surface area contributed by atoms with Gasteiger partial charge in [-0.15, -0.1) is 11.3 Å². The van der Waals surface area contributed by atoms with Crippen LogP contribution in [0.15, 0.2) is 66.3 Å². The maximum Gasteiger partial charge on any atom is 0.416 e. The van der Waals surface area contributed by atoms with Crippen LogP contribution in [0.2, 0.25) is 0 Å². The number of aromatic nitrogens is 2. The first kappa shape index (κ1) is 18.9. The average molecular weight is 414 g/mol. The van der Waals surface area contributed by atoms with Crippen molar-refractivity contribution in [1.82, 2.24) is 9.97 Å². The van der Waals surface area contributed by atoms with E-state index in [1.807, 2.05) is 11.4 Å². The van der Waals surface area contributed by atoms with Gasteiger partial charge in [-0.2, -0.15) is 13.2 Å². The molecule has 0 aliphatic carbocycles. The molecule has 0 saturated heterocycles. The number of nitrogens with one attached hydrogen (secondary N) is 2. The number of amides is 2. The van der Waals surface area contributed by atoms with E-state index in [-0.39, 0.29) is 5.69 Å². The van der Waals surface area contributed by atoms with Crippen molar-refractivity contribution in [2.24, 2.45) is 0 Å². The Morgan fingerprint density at radius 2 is 1.69 bits per heavy atom. The summed E-state index contributed by atoms with van der Waals surface area (Å²) in [4.78, 5) is 20.7. The maximum atomic E-state index is 12.8. The molecule has 0 spiro atoms. The van der Waals surface area contributed by atoms with Crippen molar-refractivity contribution in [3.63, 3.8) is 0 Å². The number of hydrogen-bond donors (Lipinski definition) is 2. The Labute approximate surface area is 167 Å². The molecule has 0 atom stereocenters. The van der Waals surface area contributed by atoms with Crippen LogP contribution in [0.3, 0.4) is 0 Å². The lowest BCUT2D eigenvalue weighted by molar-refractivity contribution is -0.137. The molecule has 5 nitrogen and oxygen atoms in total. The Morgan fingerprint density at radius 1 is 0.931 bits per heavy atom. The predicted molar refractivity (Wildman–Crippen MR) is 107 cm³/mol. The van der Waals surface area contributed by atoms with E-state index in [1.54, 1.807) is 35.6 Å². The number of urea groups is 1. The number of carbonyl (C=O) groups is 1. The second-order valence-corrected chi connectivity index (χ2v) is 7.01. The van der Waals surface area contributed by atoms with Gasteiger partial charge >= 0.3 is 12.2 Å². The molecule has 0 saturated carbocycles. The molecule has 29 heavy (non-hydrogen) atoms. The van der Waals surface area contributed by atoms with Crippen LogP contribution in [0.25, 0.3) is 21.5 Å². The summed E-state index contributed by atoms with van der Waals surface area (Å²) in [5.41, 5.74) is 2.24. The molecule has 0 radical (unpaired) electrons. The van der Waals surface area contributed by atoms with Gasteiger partial charge in [-0.05, 0) is 41.8 Å². The minimum Gasteiger partial charge on any atom is -0.308 e. The van der Waals surface area contributed by atoms with Crippen LogP contribution in [0, 0.1) is 0 Å². The van der Waals surface area contributed by atoms with Crippen molar-refractivity contribution >= 4 is 39.0 Å². The minimum absolute atomic E-state index is 0.0509. The number of fused-ring (bicyclic) bond motifs is 1. The summed E-state index contributed by atoms with van der Waals surface area (Å²) >= 11 is 1.54. The zero-order valence-electron chi connectivity index (χ0n) is 14.7. The average Bonchev–Trinajstić information content (AvgIpc) is 3.17. The third-order valence-corrected chi connectivity index (χ3v) is 5.02. The quantitative estimate of drug-likeness (QED) is 0.431. The van der Waals surface area contributed by atoms with Gasteiger partial charge in [-0.25, -0.2) is 14.8 Å². The highest BCUT2D eigenvalue weighted by Gasteiger charge is 2.30. The van der Waals surface area contributed by atoms with E-state index in [1.165, 1.54) is 18.5 Å². The Morgan fingerprint density at radius 3 is 2.45 bits per heavy atom. The number of rotatable bonds is 3. The normalized spacial score (nSPS) is 11.4. The van der Waals surface area contributed by atoms with Crippen molar-refractivity contribution in [2.75, 3.05) is 10.6 Å². The predicted octanol–water partition coefficient (Wildman–Crippen LogP) is 6.02. The number of carbonyl (C=O) groups excluding carboxylic acids is 1. The fraction of sp³-hybridized carbons (Fsp3) is 0.0500. The highest BCUT2D eigenvalue weighted by atomic mass is 32.1. The fourth-order valence-electron chi connectivity index (χ4n) is 2.77. The molecule has 4 aromatic rings. The largest absolute Gasteiger partial charge is 0.416 e. The summed E-state index contributed by atoms with van der Waals surface area (Å²) in [6.45, 7) is 0. The summed E-state index contributed by atoms with van der Waals surface area (Å²) in [7, 11) is 0. The number of benzene rings is 2. The topological polar surface area (TPSA) is 66.9 Å².